The van der Waals surface area contributed by atoms with Crippen molar-refractivity contribution in [3.63, 3.8) is 0 Å². The number of amides is 2. The molecule has 0 spiro atoms. The Labute approximate surface area is 130 Å². The normalized spacial score (nSPS) is 40.9. The fraction of sp³-hybridized carbons (Fsp3) is 0.474. The van der Waals surface area contributed by atoms with Gasteiger partial charge in [0.25, 0.3) is 0 Å². The van der Waals surface area contributed by atoms with Gasteiger partial charge in [-0.1, -0.05) is 37.3 Å². The molecule has 5 aliphatic rings. The Morgan fingerprint density at radius 1 is 1.00 bits per heavy atom. The van der Waals surface area contributed by atoms with Gasteiger partial charge in [-0.05, 0) is 48.1 Å². The van der Waals surface area contributed by atoms with Crippen molar-refractivity contribution in [2.24, 2.45) is 35.5 Å². The van der Waals surface area contributed by atoms with Crippen LogP contribution in [-0.4, -0.2) is 11.8 Å². The van der Waals surface area contributed by atoms with Crippen LogP contribution in [-0.2, 0) is 16.0 Å². The second-order valence-corrected chi connectivity index (χ2v) is 7.15. The van der Waals surface area contributed by atoms with E-state index in [1.807, 2.05) is 24.3 Å². The molecule has 6 atom stereocenters. The molecule has 0 N–H and O–H groups in total. The summed E-state index contributed by atoms with van der Waals surface area (Å²) in [4.78, 5) is 27.6. The summed E-state index contributed by atoms with van der Waals surface area (Å²) < 4.78 is 0. The van der Waals surface area contributed by atoms with Crippen LogP contribution in [0.1, 0.15) is 18.9 Å². The Morgan fingerprint density at radius 2 is 1.59 bits per heavy atom. The quantitative estimate of drug-likeness (QED) is 0.621. The zero-order valence-electron chi connectivity index (χ0n) is 12.6. The summed E-state index contributed by atoms with van der Waals surface area (Å²) in [6.07, 6.45) is 6.49. The van der Waals surface area contributed by atoms with E-state index in [1.165, 1.54) is 11.3 Å². The van der Waals surface area contributed by atoms with E-state index in [9.17, 15) is 9.59 Å². The van der Waals surface area contributed by atoms with Crippen molar-refractivity contribution in [3.05, 3.63) is 42.0 Å². The number of para-hydroxylation sites is 1. The lowest BCUT2D eigenvalue weighted by atomic mass is 9.63. The van der Waals surface area contributed by atoms with E-state index >= 15 is 0 Å². The molecule has 2 saturated carbocycles. The Hall–Kier alpha value is -1.90. The number of allylic oxidation sites excluding steroid dienone is 2. The third kappa shape index (κ3) is 1.37. The summed E-state index contributed by atoms with van der Waals surface area (Å²) in [5.74, 6) is 1.81. The lowest BCUT2D eigenvalue weighted by Gasteiger charge is -2.37. The van der Waals surface area contributed by atoms with Crippen LogP contribution in [0.25, 0.3) is 0 Å². The lowest BCUT2D eigenvalue weighted by molar-refractivity contribution is -0.124. The molecule has 6 rings (SSSR count). The van der Waals surface area contributed by atoms with Crippen molar-refractivity contribution in [1.82, 2.24) is 0 Å². The maximum Gasteiger partial charge on any atom is 0.238 e. The van der Waals surface area contributed by atoms with Crippen molar-refractivity contribution in [2.45, 2.75) is 19.8 Å². The van der Waals surface area contributed by atoms with Gasteiger partial charge in [-0.3, -0.25) is 9.59 Å². The number of hydrogen-bond acceptors (Lipinski definition) is 2. The predicted octanol–water partition coefficient (Wildman–Crippen LogP) is 2.81. The number of aryl methyl sites for hydroxylation is 1. The summed E-state index contributed by atoms with van der Waals surface area (Å²) in [5.41, 5.74) is 1.88. The van der Waals surface area contributed by atoms with Crippen LogP contribution in [0.15, 0.2) is 36.4 Å². The van der Waals surface area contributed by atoms with E-state index in [4.69, 9.17) is 0 Å². The fourth-order valence-electron chi connectivity index (χ4n) is 5.22. The lowest BCUT2D eigenvalue weighted by Crippen LogP contribution is -2.40. The van der Waals surface area contributed by atoms with Gasteiger partial charge in [0.15, 0.2) is 0 Å². The van der Waals surface area contributed by atoms with Crippen LogP contribution < -0.4 is 4.90 Å². The highest BCUT2D eigenvalue weighted by Gasteiger charge is 2.67. The fourth-order valence-corrected chi connectivity index (χ4v) is 5.22. The van der Waals surface area contributed by atoms with Crippen molar-refractivity contribution in [3.8, 4) is 0 Å². The summed E-state index contributed by atoms with van der Waals surface area (Å²) in [6.45, 7) is 2.07. The molecule has 0 radical (unpaired) electrons. The van der Waals surface area contributed by atoms with Crippen molar-refractivity contribution in [2.75, 3.05) is 4.90 Å². The molecule has 3 nitrogen and oxygen atoms in total. The average Bonchev–Trinajstić information content (AvgIpc) is 3.32. The van der Waals surface area contributed by atoms with Gasteiger partial charge >= 0.3 is 0 Å². The van der Waals surface area contributed by atoms with Gasteiger partial charge < -0.3 is 0 Å². The van der Waals surface area contributed by atoms with Crippen LogP contribution in [0, 0.1) is 35.5 Å². The molecular weight excluding hydrogens is 274 g/mol. The molecule has 22 heavy (non-hydrogen) atoms. The molecule has 0 aromatic heterocycles. The highest BCUT2D eigenvalue weighted by molar-refractivity contribution is 6.23. The van der Waals surface area contributed by atoms with Gasteiger partial charge in [0.2, 0.25) is 11.8 Å². The maximum atomic E-state index is 13.0. The van der Waals surface area contributed by atoms with Gasteiger partial charge in [-0.15, -0.1) is 0 Å². The largest absolute Gasteiger partial charge is 0.274 e. The van der Waals surface area contributed by atoms with E-state index < -0.39 is 0 Å². The molecule has 2 bridgehead atoms. The zero-order chi connectivity index (χ0) is 15.0. The Morgan fingerprint density at radius 3 is 2.18 bits per heavy atom. The monoisotopic (exact) mass is 293 g/mol. The molecule has 1 aromatic carbocycles. The number of anilines is 1. The van der Waals surface area contributed by atoms with Crippen molar-refractivity contribution >= 4 is 17.5 Å². The number of imide groups is 1. The topological polar surface area (TPSA) is 37.4 Å². The Kier molecular flexibility index (Phi) is 2.35. The predicted molar refractivity (Wildman–Crippen MR) is 83.0 cm³/mol. The van der Waals surface area contributed by atoms with E-state index in [0.717, 1.165) is 17.7 Å². The van der Waals surface area contributed by atoms with Crippen LogP contribution in [0.4, 0.5) is 5.69 Å². The number of hydrogen-bond donors (Lipinski definition) is 0. The summed E-state index contributed by atoms with van der Waals surface area (Å²) in [7, 11) is 0. The van der Waals surface area contributed by atoms with E-state index in [0.29, 0.717) is 23.7 Å². The Bertz CT molecular complexity index is 686. The second-order valence-electron chi connectivity index (χ2n) is 7.15. The number of rotatable bonds is 2. The van der Waals surface area contributed by atoms with E-state index in [2.05, 4.69) is 19.1 Å². The molecular formula is C19H19NO2. The molecule has 1 aromatic rings. The number of benzene rings is 1. The van der Waals surface area contributed by atoms with E-state index in [-0.39, 0.29) is 23.7 Å². The molecule has 4 aliphatic carbocycles. The average molecular weight is 293 g/mol. The number of nitrogens with zero attached hydrogens (tertiary/aromatic N) is 1. The molecule has 2 amide bonds. The molecule has 3 fully saturated rings. The van der Waals surface area contributed by atoms with Crippen LogP contribution in [0.5, 0.6) is 0 Å². The van der Waals surface area contributed by atoms with Gasteiger partial charge in [0.1, 0.15) is 0 Å². The first-order valence-electron chi connectivity index (χ1n) is 8.36. The SMILES string of the molecule is CCc1ccccc1N1C(=O)[C@@H]2[C@@H]3C=C[C@H]([C@@H]4C[C@H]34)[C@@H]2C1=O. The van der Waals surface area contributed by atoms with Crippen LogP contribution in [0.3, 0.4) is 0 Å². The molecule has 1 heterocycles. The number of carbonyl (C=O) groups excluding carboxylic acids is 2. The van der Waals surface area contributed by atoms with Gasteiger partial charge in [0.05, 0.1) is 17.5 Å². The maximum absolute atomic E-state index is 13.0. The molecule has 3 heteroatoms. The summed E-state index contributed by atoms with van der Waals surface area (Å²) in [6, 6.07) is 7.83. The van der Waals surface area contributed by atoms with E-state index in [1.54, 1.807) is 0 Å². The van der Waals surface area contributed by atoms with Crippen molar-refractivity contribution in [1.29, 1.82) is 0 Å². The minimum Gasteiger partial charge on any atom is -0.274 e. The molecule has 0 unspecified atom stereocenters. The van der Waals surface area contributed by atoms with Gasteiger partial charge in [-0.25, -0.2) is 4.90 Å². The third-order valence-corrected chi connectivity index (χ3v) is 6.28. The molecule has 112 valence electrons. The zero-order valence-corrected chi connectivity index (χ0v) is 12.6. The first-order chi connectivity index (χ1) is 10.7. The second kappa shape index (κ2) is 4.09. The van der Waals surface area contributed by atoms with Crippen LogP contribution >= 0.6 is 0 Å². The summed E-state index contributed by atoms with van der Waals surface area (Å²) in [5, 5.41) is 0. The van der Waals surface area contributed by atoms with Crippen LogP contribution in [0.2, 0.25) is 0 Å². The minimum absolute atomic E-state index is 0.0422. The highest BCUT2D eigenvalue weighted by Crippen LogP contribution is 2.65. The number of carbonyl (C=O) groups is 2. The Balaban J connectivity index is 1.60. The van der Waals surface area contributed by atoms with Gasteiger partial charge in [0, 0.05) is 0 Å². The summed E-state index contributed by atoms with van der Waals surface area (Å²) >= 11 is 0. The molecule has 1 aliphatic heterocycles. The smallest absolute Gasteiger partial charge is 0.238 e. The third-order valence-electron chi connectivity index (χ3n) is 6.28. The van der Waals surface area contributed by atoms with Gasteiger partial charge in [-0.2, -0.15) is 0 Å². The molecule has 1 saturated heterocycles. The standard InChI is InChI=1S/C19H19NO2/c1-2-10-5-3-4-6-15(10)20-18(21)16-11-7-8-12(14-9-13(11)14)17(16)19(20)22/h3-8,11-14,16-17H,2,9H2,1H3/t11-,12-,13-,14+,16-,17+/m1/s1. The minimum atomic E-state index is -0.101. The van der Waals surface area contributed by atoms with Crippen molar-refractivity contribution < 1.29 is 9.59 Å². The highest BCUT2D eigenvalue weighted by atomic mass is 16.2. The first kappa shape index (κ1) is 12.6. The first-order valence-corrected chi connectivity index (χ1v) is 8.36.